The van der Waals surface area contributed by atoms with Crippen LogP contribution in [0, 0.1) is 6.92 Å². The predicted octanol–water partition coefficient (Wildman–Crippen LogP) is 2.16. The van der Waals surface area contributed by atoms with Crippen LogP contribution in [0.3, 0.4) is 0 Å². The lowest BCUT2D eigenvalue weighted by Gasteiger charge is -2.08. The Labute approximate surface area is 102 Å². The van der Waals surface area contributed by atoms with Gasteiger partial charge >= 0.3 is 5.97 Å². The first-order chi connectivity index (χ1) is 8.16. The van der Waals surface area contributed by atoms with Gasteiger partial charge in [0.25, 0.3) is 0 Å². The Balaban J connectivity index is 2.44. The van der Waals surface area contributed by atoms with Crippen LogP contribution in [0.15, 0.2) is 18.2 Å². The van der Waals surface area contributed by atoms with Gasteiger partial charge in [0.2, 0.25) is 0 Å². The number of hydrogen-bond acceptors (Lipinski definition) is 4. The molecule has 17 heavy (non-hydrogen) atoms. The molecule has 0 fully saturated rings. The van der Waals surface area contributed by atoms with Crippen molar-refractivity contribution in [2.75, 3.05) is 25.6 Å². The summed E-state index contributed by atoms with van der Waals surface area (Å²) in [4.78, 5) is 11.7. The van der Waals surface area contributed by atoms with Crippen molar-refractivity contribution in [1.82, 2.24) is 0 Å². The van der Waals surface area contributed by atoms with E-state index < -0.39 is 0 Å². The summed E-state index contributed by atoms with van der Waals surface area (Å²) < 4.78 is 10.3. The van der Waals surface area contributed by atoms with Gasteiger partial charge in [-0.2, -0.15) is 0 Å². The number of benzene rings is 1. The van der Waals surface area contributed by atoms with Crippen molar-refractivity contribution in [2.24, 2.45) is 0 Å². The van der Waals surface area contributed by atoms with Gasteiger partial charge in [0, 0.05) is 12.3 Å². The number of hydrogen-bond donors (Lipinski definition) is 1. The highest BCUT2D eigenvalue weighted by atomic mass is 16.6. The second-order valence-electron chi connectivity index (χ2n) is 3.77. The largest absolute Gasteiger partial charge is 0.460 e. The highest BCUT2D eigenvalue weighted by molar-refractivity contribution is 5.92. The van der Waals surface area contributed by atoms with Crippen LogP contribution < -0.4 is 5.73 Å². The summed E-state index contributed by atoms with van der Waals surface area (Å²) in [6.07, 6.45) is 0.961. The van der Waals surface area contributed by atoms with Crippen molar-refractivity contribution in [3.05, 3.63) is 29.3 Å². The molecular formula is C13H19NO3. The van der Waals surface area contributed by atoms with E-state index >= 15 is 0 Å². The molecule has 1 aromatic rings. The van der Waals surface area contributed by atoms with Crippen molar-refractivity contribution in [1.29, 1.82) is 0 Å². The molecule has 0 spiro atoms. The second-order valence-corrected chi connectivity index (χ2v) is 3.77. The molecular weight excluding hydrogens is 218 g/mol. The molecule has 4 heteroatoms. The molecule has 2 N–H and O–H groups in total. The Kier molecular flexibility index (Phi) is 5.49. The van der Waals surface area contributed by atoms with Crippen LogP contribution in [-0.4, -0.2) is 25.8 Å². The van der Waals surface area contributed by atoms with Gasteiger partial charge in [0.1, 0.15) is 6.61 Å². The van der Waals surface area contributed by atoms with E-state index in [1.54, 1.807) is 25.1 Å². The van der Waals surface area contributed by atoms with Gasteiger partial charge < -0.3 is 15.2 Å². The second kappa shape index (κ2) is 6.91. The first-order valence-corrected chi connectivity index (χ1v) is 5.76. The van der Waals surface area contributed by atoms with Crippen LogP contribution in [0.5, 0.6) is 0 Å². The molecule has 94 valence electrons. The molecule has 0 radical (unpaired) electrons. The fourth-order valence-electron chi connectivity index (χ4n) is 1.39. The number of nitrogen functional groups attached to an aromatic ring is 1. The van der Waals surface area contributed by atoms with Crippen LogP contribution in [0.4, 0.5) is 5.69 Å². The zero-order valence-electron chi connectivity index (χ0n) is 10.4. The lowest BCUT2D eigenvalue weighted by molar-refractivity contribution is 0.0318. The lowest BCUT2D eigenvalue weighted by atomic mass is 10.1. The summed E-state index contributed by atoms with van der Waals surface area (Å²) in [7, 11) is 0. The van der Waals surface area contributed by atoms with E-state index in [0.717, 1.165) is 12.0 Å². The normalized spacial score (nSPS) is 10.2. The summed E-state index contributed by atoms with van der Waals surface area (Å²) in [5, 5.41) is 0. The minimum atomic E-state index is -0.352. The minimum Gasteiger partial charge on any atom is -0.460 e. The molecule has 4 nitrogen and oxygen atoms in total. The monoisotopic (exact) mass is 237 g/mol. The summed E-state index contributed by atoms with van der Waals surface area (Å²) >= 11 is 0. The number of carbonyl (C=O) groups is 1. The molecule has 0 bridgehead atoms. The van der Waals surface area contributed by atoms with E-state index in [0.29, 0.717) is 24.5 Å². The van der Waals surface area contributed by atoms with Gasteiger partial charge in [-0.05, 0) is 31.0 Å². The van der Waals surface area contributed by atoms with E-state index in [1.807, 2.05) is 6.92 Å². The zero-order chi connectivity index (χ0) is 12.7. The molecule has 0 heterocycles. The van der Waals surface area contributed by atoms with Gasteiger partial charge in [0.05, 0.1) is 12.2 Å². The topological polar surface area (TPSA) is 61.5 Å². The Morgan fingerprint density at radius 1 is 1.29 bits per heavy atom. The first kappa shape index (κ1) is 13.5. The zero-order valence-corrected chi connectivity index (χ0v) is 10.4. The molecule has 0 saturated carbocycles. The molecule has 0 saturated heterocycles. The summed E-state index contributed by atoms with van der Waals surface area (Å²) in [5.41, 5.74) is 7.59. The van der Waals surface area contributed by atoms with Crippen LogP contribution in [0.25, 0.3) is 0 Å². The smallest absolute Gasteiger partial charge is 0.338 e. The molecule has 0 aliphatic carbocycles. The average molecular weight is 237 g/mol. The third-order valence-corrected chi connectivity index (χ3v) is 2.40. The van der Waals surface area contributed by atoms with Crippen LogP contribution in [0.2, 0.25) is 0 Å². The van der Waals surface area contributed by atoms with Crippen LogP contribution in [0.1, 0.15) is 29.3 Å². The molecule has 0 amide bonds. The Bertz CT molecular complexity index is 377. The number of esters is 1. The fraction of sp³-hybridized carbons (Fsp3) is 0.462. The quantitative estimate of drug-likeness (QED) is 0.468. The summed E-state index contributed by atoms with van der Waals surface area (Å²) in [5.74, 6) is -0.352. The van der Waals surface area contributed by atoms with E-state index in [2.05, 4.69) is 0 Å². The predicted molar refractivity (Wildman–Crippen MR) is 67.0 cm³/mol. The summed E-state index contributed by atoms with van der Waals surface area (Å²) in [6.45, 7) is 5.23. The Morgan fingerprint density at radius 2 is 2.06 bits per heavy atom. The van der Waals surface area contributed by atoms with Gasteiger partial charge in [0.15, 0.2) is 0 Å². The third-order valence-electron chi connectivity index (χ3n) is 2.40. The Hall–Kier alpha value is -1.55. The van der Waals surface area contributed by atoms with Crippen LogP contribution >= 0.6 is 0 Å². The number of anilines is 1. The number of nitrogens with two attached hydrogens (primary N) is 1. The Morgan fingerprint density at radius 3 is 2.76 bits per heavy atom. The fourth-order valence-corrected chi connectivity index (χ4v) is 1.39. The van der Waals surface area contributed by atoms with Crippen molar-refractivity contribution in [2.45, 2.75) is 20.3 Å². The highest BCUT2D eigenvalue weighted by Crippen LogP contribution is 2.16. The SMILES string of the molecule is CCCOCCOC(=O)c1cccc(N)c1C. The van der Waals surface area contributed by atoms with Crippen molar-refractivity contribution < 1.29 is 14.3 Å². The third kappa shape index (κ3) is 4.07. The van der Waals surface area contributed by atoms with Crippen molar-refractivity contribution >= 4 is 11.7 Å². The van der Waals surface area contributed by atoms with E-state index in [-0.39, 0.29) is 12.6 Å². The molecule has 0 aromatic heterocycles. The maximum absolute atomic E-state index is 11.7. The molecule has 0 aliphatic rings. The van der Waals surface area contributed by atoms with Gasteiger partial charge in [-0.15, -0.1) is 0 Å². The molecule has 0 aliphatic heterocycles. The number of carbonyl (C=O) groups excluding carboxylic acids is 1. The average Bonchev–Trinajstić information content (AvgIpc) is 2.32. The molecule has 1 rings (SSSR count). The number of ether oxygens (including phenoxy) is 2. The number of rotatable bonds is 6. The molecule has 0 atom stereocenters. The maximum Gasteiger partial charge on any atom is 0.338 e. The molecule has 0 unspecified atom stereocenters. The van der Waals surface area contributed by atoms with E-state index in [4.69, 9.17) is 15.2 Å². The first-order valence-electron chi connectivity index (χ1n) is 5.76. The minimum absolute atomic E-state index is 0.271. The van der Waals surface area contributed by atoms with E-state index in [1.165, 1.54) is 0 Å². The standard InChI is InChI=1S/C13H19NO3/c1-3-7-16-8-9-17-13(15)11-5-4-6-12(14)10(11)2/h4-6H,3,7-9,14H2,1-2H3. The van der Waals surface area contributed by atoms with Gasteiger partial charge in [-0.3, -0.25) is 0 Å². The molecule has 1 aromatic carbocycles. The maximum atomic E-state index is 11.7. The van der Waals surface area contributed by atoms with Gasteiger partial charge in [-0.25, -0.2) is 4.79 Å². The van der Waals surface area contributed by atoms with Gasteiger partial charge in [-0.1, -0.05) is 13.0 Å². The van der Waals surface area contributed by atoms with E-state index in [9.17, 15) is 4.79 Å². The lowest BCUT2D eigenvalue weighted by Crippen LogP contribution is -2.12. The van der Waals surface area contributed by atoms with Crippen LogP contribution in [-0.2, 0) is 9.47 Å². The summed E-state index contributed by atoms with van der Waals surface area (Å²) in [6, 6.07) is 5.21. The van der Waals surface area contributed by atoms with Crippen molar-refractivity contribution in [3.63, 3.8) is 0 Å². The van der Waals surface area contributed by atoms with Crippen molar-refractivity contribution in [3.8, 4) is 0 Å². The highest BCUT2D eigenvalue weighted by Gasteiger charge is 2.11.